The molecule has 0 fully saturated rings. The Bertz CT molecular complexity index is 364. The lowest BCUT2D eigenvalue weighted by Crippen LogP contribution is -2.45. The molecule has 0 aromatic rings. The third kappa shape index (κ3) is 16.3. The topological polar surface area (TPSA) is 69.6 Å². The Morgan fingerprint density at radius 2 is 1.31 bits per heavy atom. The molecule has 0 aliphatic heterocycles. The standard InChI is InChI=1S/C20H44NO4P/c1-6-8-10-12-14-16-19(17-15-13-11-9-7-2)20(18-21(3,4)5)25-26(22,23)24/h19-20H,6-18H2,1-5H3,(H-,22,23,24). The van der Waals surface area contributed by atoms with Crippen LogP contribution in [0.4, 0.5) is 0 Å². The molecule has 1 N–H and O–H groups in total. The predicted octanol–water partition coefficient (Wildman–Crippen LogP) is 4.88. The first kappa shape index (κ1) is 26.1. The Kier molecular flexibility index (Phi) is 14.2. The van der Waals surface area contributed by atoms with E-state index in [0.29, 0.717) is 11.0 Å². The van der Waals surface area contributed by atoms with Gasteiger partial charge in [0.25, 0.3) is 7.82 Å². The van der Waals surface area contributed by atoms with Gasteiger partial charge in [-0.2, -0.15) is 0 Å². The summed E-state index contributed by atoms with van der Waals surface area (Å²) in [5.74, 6) is 0.185. The summed E-state index contributed by atoms with van der Waals surface area (Å²) in [4.78, 5) is 20.7. The van der Waals surface area contributed by atoms with Crippen molar-refractivity contribution in [2.24, 2.45) is 5.92 Å². The van der Waals surface area contributed by atoms with Gasteiger partial charge in [-0.1, -0.05) is 78.1 Å². The average molecular weight is 394 g/mol. The molecular formula is C20H44NO4P. The van der Waals surface area contributed by atoms with Crippen molar-refractivity contribution >= 4 is 7.82 Å². The molecule has 0 heterocycles. The molecule has 158 valence electrons. The second kappa shape index (κ2) is 14.1. The van der Waals surface area contributed by atoms with Crippen molar-refractivity contribution < 1.29 is 23.4 Å². The number of phosphoric acid groups is 1. The quantitative estimate of drug-likeness (QED) is 0.217. The van der Waals surface area contributed by atoms with Crippen molar-refractivity contribution in [3.8, 4) is 0 Å². The maximum absolute atomic E-state index is 11.4. The molecule has 6 heteroatoms. The second-order valence-corrected chi connectivity index (χ2v) is 9.90. The minimum atomic E-state index is -4.72. The van der Waals surface area contributed by atoms with Crippen LogP contribution in [0.5, 0.6) is 0 Å². The number of hydrogen-bond donors (Lipinski definition) is 1. The normalized spacial score (nSPS) is 16.0. The van der Waals surface area contributed by atoms with Crippen LogP contribution >= 0.6 is 7.82 Å². The Balaban J connectivity index is 4.82. The van der Waals surface area contributed by atoms with Crippen molar-refractivity contribution in [2.45, 2.75) is 97.0 Å². The van der Waals surface area contributed by atoms with E-state index in [9.17, 15) is 14.4 Å². The van der Waals surface area contributed by atoms with Crippen molar-refractivity contribution in [3.63, 3.8) is 0 Å². The minimum Gasteiger partial charge on any atom is -0.756 e. The van der Waals surface area contributed by atoms with E-state index in [1.54, 1.807) is 0 Å². The highest BCUT2D eigenvalue weighted by Gasteiger charge is 2.30. The average Bonchev–Trinajstić information content (AvgIpc) is 2.49. The van der Waals surface area contributed by atoms with Gasteiger partial charge in [-0.3, -0.25) is 4.57 Å². The van der Waals surface area contributed by atoms with Crippen molar-refractivity contribution in [1.29, 1.82) is 0 Å². The maximum Gasteiger partial charge on any atom is 0.265 e. The first-order chi connectivity index (χ1) is 12.1. The number of unbranched alkanes of at least 4 members (excludes halogenated alkanes) is 8. The van der Waals surface area contributed by atoms with Crippen LogP contribution < -0.4 is 4.89 Å². The fourth-order valence-electron chi connectivity index (χ4n) is 3.52. The summed E-state index contributed by atoms with van der Waals surface area (Å²) >= 11 is 0. The lowest BCUT2D eigenvalue weighted by Gasteiger charge is -2.35. The van der Waals surface area contributed by atoms with Crippen molar-refractivity contribution in [3.05, 3.63) is 0 Å². The molecule has 0 radical (unpaired) electrons. The van der Waals surface area contributed by atoms with Gasteiger partial charge in [0, 0.05) is 0 Å². The fourth-order valence-corrected chi connectivity index (χ4v) is 4.10. The van der Waals surface area contributed by atoms with Crippen molar-refractivity contribution in [2.75, 3.05) is 27.7 Å². The van der Waals surface area contributed by atoms with Crippen LogP contribution in [0.2, 0.25) is 0 Å². The maximum atomic E-state index is 11.4. The lowest BCUT2D eigenvalue weighted by atomic mass is 9.89. The summed E-state index contributed by atoms with van der Waals surface area (Å²) in [6, 6.07) is 0. The van der Waals surface area contributed by atoms with Crippen LogP contribution in [0.3, 0.4) is 0 Å². The molecule has 5 nitrogen and oxygen atoms in total. The summed E-state index contributed by atoms with van der Waals surface area (Å²) in [6.45, 7) is 5.00. The van der Waals surface area contributed by atoms with Gasteiger partial charge in [0.15, 0.2) is 0 Å². The van der Waals surface area contributed by atoms with E-state index in [1.807, 2.05) is 21.1 Å². The van der Waals surface area contributed by atoms with Crippen LogP contribution in [0.25, 0.3) is 0 Å². The molecule has 0 amide bonds. The fraction of sp³-hybridized carbons (Fsp3) is 1.00. The Labute approximate surface area is 162 Å². The molecule has 26 heavy (non-hydrogen) atoms. The van der Waals surface area contributed by atoms with E-state index >= 15 is 0 Å². The molecule has 0 spiro atoms. The first-order valence-electron chi connectivity index (χ1n) is 10.6. The first-order valence-corrected chi connectivity index (χ1v) is 12.1. The van der Waals surface area contributed by atoms with E-state index in [0.717, 1.165) is 25.7 Å². The zero-order chi connectivity index (χ0) is 20.1. The number of rotatable bonds is 17. The van der Waals surface area contributed by atoms with E-state index in [1.165, 1.54) is 51.4 Å². The summed E-state index contributed by atoms with van der Waals surface area (Å²) in [5.41, 5.74) is 0. The zero-order valence-electron chi connectivity index (χ0n) is 17.9. The summed E-state index contributed by atoms with van der Waals surface area (Å²) in [6.07, 6.45) is 13.5. The number of hydrogen-bond acceptors (Lipinski definition) is 3. The van der Waals surface area contributed by atoms with Gasteiger partial charge >= 0.3 is 0 Å². The van der Waals surface area contributed by atoms with E-state index in [4.69, 9.17) is 4.52 Å². The molecule has 0 rings (SSSR count). The molecule has 0 aromatic heterocycles. The summed E-state index contributed by atoms with van der Waals surface area (Å²) < 4.78 is 17.2. The highest BCUT2D eigenvalue weighted by molar-refractivity contribution is 7.44. The van der Waals surface area contributed by atoms with Crippen LogP contribution in [0, 0.1) is 5.92 Å². The molecule has 2 atom stereocenters. The molecule has 0 bridgehead atoms. The zero-order valence-corrected chi connectivity index (χ0v) is 18.8. The molecule has 0 aromatic carbocycles. The summed E-state index contributed by atoms with van der Waals surface area (Å²) in [7, 11) is 1.37. The van der Waals surface area contributed by atoms with Crippen LogP contribution in [-0.4, -0.2) is 43.2 Å². The van der Waals surface area contributed by atoms with Gasteiger partial charge in [0.1, 0.15) is 12.6 Å². The van der Waals surface area contributed by atoms with Gasteiger partial charge in [-0.15, -0.1) is 0 Å². The lowest BCUT2D eigenvalue weighted by molar-refractivity contribution is -0.873. The Morgan fingerprint density at radius 3 is 1.65 bits per heavy atom. The largest absolute Gasteiger partial charge is 0.756 e. The van der Waals surface area contributed by atoms with E-state index in [2.05, 4.69) is 13.8 Å². The van der Waals surface area contributed by atoms with Gasteiger partial charge in [-0.05, 0) is 18.8 Å². The van der Waals surface area contributed by atoms with Gasteiger partial charge in [0.2, 0.25) is 0 Å². The van der Waals surface area contributed by atoms with Gasteiger partial charge in [-0.25, -0.2) is 0 Å². The van der Waals surface area contributed by atoms with Crippen LogP contribution in [-0.2, 0) is 9.09 Å². The number of phosphoric ester groups is 1. The third-order valence-electron chi connectivity index (χ3n) is 4.88. The second-order valence-electron chi connectivity index (χ2n) is 8.75. The molecule has 0 saturated heterocycles. The van der Waals surface area contributed by atoms with Crippen LogP contribution in [0.1, 0.15) is 90.9 Å². The monoisotopic (exact) mass is 393 g/mol. The third-order valence-corrected chi connectivity index (χ3v) is 5.42. The van der Waals surface area contributed by atoms with Crippen molar-refractivity contribution in [1.82, 2.24) is 0 Å². The van der Waals surface area contributed by atoms with E-state index < -0.39 is 13.9 Å². The molecule has 2 unspecified atom stereocenters. The molecule has 0 aliphatic rings. The van der Waals surface area contributed by atoms with E-state index in [-0.39, 0.29) is 5.92 Å². The molecule has 0 saturated carbocycles. The smallest absolute Gasteiger partial charge is 0.265 e. The minimum absolute atomic E-state index is 0.185. The number of quaternary nitrogens is 1. The van der Waals surface area contributed by atoms with Gasteiger partial charge in [0.05, 0.1) is 21.1 Å². The summed E-state index contributed by atoms with van der Waals surface area (Å²) in [5, 5.41) is 0. The highest BCUT2D eigenvalue weighted by atomic mass is 31.2. The molecular weight excluding hydrogens is 349 g/mol. The number of nitrogens with zero attached hydrogens (tertiary/aromatic N) is 1. The predicted molar refractivity (Wildman–Crippen MR) is 108 cm³/mol. The Morgan fingerprint density at radius 1 is 0.885 bits per heavy atom. The highest BCUT2D eigenvalue weighted by Crippen LogP contribution is 2.37. The Hall–Kier alpha value is 0.0700. The molecule has 0 aliphatic carbocycles. The SMILES string of the molecule is CCCCCCCC(CCCCCCC)C(C[N+](C)(C)C)OP(=O)([O-])O. The van der Waals surface area contributed by atoms with Gasteiger partial charge < -0.3 is 18.8 Å². The number of likely N-dealkylation sites (N-methyl/N-ethyl adjacent to an activating group) is 1. The van der Waals surface area contributed by atoms with Crippen LogP contribution in [0.15, 0.2) is 0 Å².